The van der Waals surface area contributed by atoms with Gasteiger partial charge in [0.25, 0.3) is 11.3 Å². The Bertz CT molecular complexity index is 359. The quantitative estimate of drug-likeness (QED) is 0.800. The van der Waals surface area contributed by atoms with Crippen molar-refractivity contribution in [2.75, 3.05) is 18.5 Å². The number of hydrogen-bond acceptors (Lipinski definition) is 3. The Labute approximate surface area is 90.6 Å². The van der Waals surface area contributed by atoms with E-state index in [0.29, 0.717) is 10.7 Å². The zero-order chi connectivity index (χ0) is 10.7. The van der Waals surface area contributed by atoms with E-state index in [2.05, 4.69) is 9.17 Å². The Morgan fingerprint density at radius 2 is 2.29 bits per heavy atom. The Balaban J connectivity index is 3.05. The SMILES string of the molecule is COS(=O)N(C)c1cc(C)ncc1Cl. The third-order valence-electron chi connectivity index (χ3n) is 1.68. The number of halogens is 1. The molecule has 0 aliphatic heterocycles. The van der Waals surface area contributed by atoms with Crippen LogP contribution in [0.1, 0.15) is 5.69 Å². The summed E-state index contributed by atoms with van der Waals surface area (Å²) in [7, 11) is 3.01. The Morgan fingerprint density at radius 1 is 1.64 bits per heavy atom. The van der Waals surface area contributed by atoms with E-state index in [4.69, 9.17) is 11.6 Å². The Morgan fingerprint density at radius 3 is 2.86 bits per heavy atom. The molecule has 0 saturated heterocycles. The van der Waals surface area contributed by atoms with Gasteiger partial charge in [0.1, 0.15) is 0 Å². The van der Waals surface area contributed by atoms with Gasteiger partial charge in [0.05, 0.1) is 17.8 Å². The predicted octanol–water partition coefficient (Wildman–Crippen LogP) is 1.70. The summed E-state index contributed by atoms with van der Waals surface area (Å²) >= 11 is 4.38. The van der Waals surface area contributed by atoms with Gasteiger partial charge in [-0.1, -0.05) is 11.6 Å². The van der Waals surface area contributed by atoms with Gasteiger partial charge in [0.2, 0.25) is 0 Å². The molecule has 1 atom stereocenters. The molecule has 0 aromatic carbocycles. The summed E-state index contributed by atoms with van der Waals surface area (Å²) in [5, 5.41) is 0.448. The lowest BCUT2D eigenvalue weighted by molar-refractivity contribution is 0.444. The van der Waals surface area contributed by atoms with Crippen LogP contribution < -0.4 is 4.31 Å². The standard InChI is InChI=1S/C8H11ClN2O2S/c1-6-4-8(7(9)5-10-6)11(2)14(12)13-3/h4-5H,1-3H3. The van der Waals surface area contributed by atoms with E-state index < -0.39 is 11.3 Å². The minimum absolute atomic E-state index is 0.448. The first kappa shape index (κ1) is 11.4. The van der Waals surface area contributed by atoms with Crippen molar-refractivity contribution in [2.24, 2.45) is 0 Å². The van der Waals surface area contributed by atoms with Crippen LogP contribution in [0.2, 0.25) is 5.02 Å². The van der Waals surface area contributed by atoms with Crippen molar-refractivity contribution in [3.63, 3.8) is 0 Å². The number of anilines is 1. The van der Waals surface area contributed by atoms with Crippen molar-refractivity contribution in [1.29, 1.82) is 0 Å². The molecular formula is C8H11ClN2O2S. The lowest BCUT2D eigenvalue weighted by Gasteiger charge is -2.17. The molecule has 0 aliphatic rings. The maximum Gasteiger partial charge on any atom is 0.264 e. The molecule has 14 heavy (non-hydrogen) atoms. The highest BCUT2D eigenvalue weighted by atomic mass is 35.5. The number of pyridine rings is 1. The molecule has 0 fully saturated rings. The fourth-order valence-corrected chi connectivity index (χ4v) is 1.78. The van der Waals surface area contributed by atoms with E-state index in [1.54, 1.807) is 13.1 Å². The number of aromatic nitrogens is 1. The van der Waals surface area contributed by atoms with Crippen LogP contribution in [-0.2, 0) is 15.4 Å². The van der Waals surface area contributed by atoms with Crippen LogP contribution in [0.25, 0.3) is 0 Å². The Kier molecular flexibility index (Phi) is 3.86. The van der Waals surface area contributed by atoms with Crippen molar-refractivity contribution in [1.82, 2.24) is 4.98 Å². The molecule has 0 bridgehead atoms. The van der Waals surface area contributed by atoms with E-state index in [-0.39, 0.29) is 0 Å². The van der Waals surface area contributed by atoms with Crippen molar-refractivity contribution < 1.29 is 8.39 Å². The first-order valence-corrected chi connectivity index (χ1v) is 5.29. The second kappa shape index (κ2) is 4.72. The van der Waals surface area contributed by atoms with Crippen molar-refractivity contribution in [3.8, 4) is 0 Å². The molecule has 4 nitrogen and oxygen atoms in total. The maximum absolute atomic E-state index is 11.3. The van der Waals surface area contributed by atoms with Crippen LogP contribution in [0.3, 0.4) is 0 Å². The van der Waals surface area contributed by atoms with Crippen LogP contribution in [0, 0.1) is 6.92 Å². The maximum atomic E-state index is 11.3. The molecule has 0 amide bonds. The molecule has 0 N–H and O–H groups in total. The number of rotatable bonds is 3. The van der Waals surface area contributed by atoms with Crippen molar-refractivity contribution in [2.45, 2.75) is 6.92 Å². The molecule has 0 spiro atoms. The van der Waals surface area contributed by atoms with Crippen molar-refractivity contribution in [3.05, 3.63) is 23.0 Å². The van der Waals surface area contributed by atoms with Gasteiger partial charge < -0.3 is 0 Å². The summed E-state index contributed by atoms with van der Waals surface area (Å²) in [6.45, 7) is 1.84. The van der Waals surface area contributed by atoms with Gasteiger partial charge in [-0.15, -0.1) is 0 Å². The summed E-state index contributed by atoms with van der Waals surface area (Å²) in [5.41, 5.74) is 1.45. The summed E-state index contributed by atoms with van der Waals surface area (Å²) in [6.07, 6.45) is 1.52. The molecule has 0 aliphatic carbocycles. The highest BCUT2D eigenvalue weighted by Gasteiger charge is 2.12. The van der Waals surface area contributed by atoms with Crippen LogP contribution in [-0.4, -0.2) is 23.4 Å². The summed E-state index contributed by atoms with van der Waals surface area (Å²) < 4.78 is 17.4. The normalized spacial score (nSPS) is 12.6. The van der Waals surface area contributed by atoms with E-state index >= 15 is 0 Å². The molecule has 78 valence electrons. The third kappa shape index (κ3) is 2.43. The summed E-state index contributed by atoms with van der Waals surface area (Å²) in [5.74, 6) is 0. The van der Waals surface area contributed by atoms with E-state index in [1.165, 1.54) is 17.6 Å². The van der Waals surface area contributed by atoms with Gasteiger partial charge in [0, 0.05) is 18.9 Å². The van der Waals surface area contributed by atoms with Gasteiger partial charge in [-0.2, -0.15) is 0 Å². The average Bonchev–Trinajstić information content (AvgIpc) is 2.19. The fraction of sp³-hybridized carbons (Fsp3) is 0.375. The second-order valence-corrected chi connectivity index (χ2v) is 4.38. The van der Waals surface area contributed by atoms with Gasteiger partial charge >= 0.3 is 0 Å². The lowest BCUT2D eigenvalue weighted by Crippen LogP contribution is -2.21. The molecule has 1 heterocycles. The van der Waals surface area contributed by atoms with Crippen molar-refractivity contribution >= 4 is 28.6 Å². The average molecular weight is 235 g/mol. The first-order chi connectivity index (χ1) is 6.56. The highest BCUT2D eigenvalue weighted by Crippen LogP contribution is 2.25. The van der Waals surface area contributed by atoms with Gasteiger partial charge in [0.15, 0.2) is 0 Å². The fourth-order valence-electron chi connectivity index (χ4n) is 0.962. The summed E-state index contributed by atoms with van der Waals surface area (Å²) in [4.78, 5) is 4.01. The number of hydrogen-bond donors (Lipinski definition) is 0. The molecule has 1 unspecified atom stereocenters. The minimum atomic E-state index is -1.52. The predicted molar refractivity (Wildman–Crippen MR) is 57.5 cm³/mol. The number of aryl methyl sites for hydroxylation is 1. The first-order valence-electron chi connectivity index (χ1n) is 3.88. The third-order valence-corrected chi connectivity index (χ3v) is 2.90. The zero-order valence-electron chi connectivity index (χ0n) is 8.15. The number of nitrogens with zero attached hydrogens (tertiary/aromatic N) is 2. The van der Waals surface area contributed by atoms with E-state index in [1.807, 2.05) is 6.92 Å². The molecule has 0 saturated carbocycles. The zero-order valence-corrected chi connectivity index (χ0v) is 9.72. The van der Waals surface area contributed by atoms with Gasteiger partial charge in [-0.25, -0.2) is 4.21 Å². The van der Waals surface area contributed by atoms with E-state index in [0.717, 1.165) is 5.69 Å². The van der Waals surface area contributed by atoms with Crippen LogP contribution in [0.5, 0.6) is 0 Å². The van der Waals surface area contributed by atoms with Gasteiger partial charge in [-0.3, -0.25) is 13.5 Å². The second-order valence-electron chi connectivity index (χ2n) is 2.66. The highest BCUT2D eigenvalue weighted by molar-refractivity contribution is 7.81. The van der Waals surface area contributed by atoms with Crippen LogP contribution in [0.15, 0.2) is 12.3 Å². The smallest absolute Gasteiger partial charge is 0.264 e. The molecular weight excluding hydrogens is 224 g/mol. The monoisotopic (exact) mass is 234 g/mol. The van der Waals surface area contributed by atoms with E-state index in [9.17, 15) is 4.21 Å². The molecule has 0 radical (unpaired) electrons. The largest absolute Gasteiger partial charge is 0.277 e. The van der Waals surface area contributed by atoms with Crippen LogP contribution in [0.4, 0.5) is 5.69 Å². The molecule has 1 rings (SSSR count). The molecule has 6 heteroatoms. The minimum Gasteiger partial charge on any atom is -0.277 e. The topological polar surface area (TPSA) is 42.4 Å². The molecule has 1 aromatic heterocycles. The van der Waals surface area contributed by atoms with Gasteiger partial charge in [-0.05, 0) is 13.0 Å². The summed E-state index contributed by atoms with van der Waals surface area (Å²) in [6, 6.07) is 1.75. The lowest BCUT2D eigenvalue weighted by atomic mass is 10.3. The van der Waals surface area contributed by atoms with Crippen LogP contribution >= 0.6 is 11.6 Å². The Hall–Kier alpha value is -0.650. The molecule has 1 aromatic rings.